The molecule has 0 radical (unpaired) electrons. The number of hydrogen-bond donors (Lipinski definition) is 0. The van der Waals surface area contributed by atoms with Crippen molar-refractivity contribution in [1.82, 2.24) is 4.90 Å². The third-order valence-corrected chi connectivity index (χ3v) is 7.45. The zero-order valence-electron chi connectivity index (χ0n) is 14.3. The monoisotopic (exact) mass is 331 g/mol. The van der Waals surface area contributed by atoms with Crippen LogP contribution in [0.25, 0.3) is 0 Å². The zero-order valence-corrected chi connectivity index (χ0v) is 14.3. The quantitative estimate of drug-likeness (QED) is 0.843. The summed E-state index contributed by atoms with van der Waals surface area (Å²) in [6.07, 6.45) is 2.27. The summed E-state index contributed by atoms with van der Waals surface area (Å²) in [7, 11) is 1.94. The SMILES string of the molecule is CN1C(=O)[C@@H]2[C@H]3[C@H]4CC[C@@H]2C4(c2ccccc2)O[C@]31c1ccccc1. The Kier molecular flexibility index (Phi) is 2.44. The largest absolute Gasteiger partial charge is 0.339 e. The number of amides is 1. The lowest BCUT2D eigenvalue weighted by Gasteiger charge is -2.43. The van der Waals surface area contributed by atoms with Crippen molar-refractivity contribution in [2.24, 2.45) is 23.7 Å². The normalized spacial score (nSPS) is 43.2. The standard InChI is InChI=1S/C22H21NO2/c1-23-20(24)18-16-12-13-17-19(18)22(23,15-10-6-3-7-11-15)25-21(16,17)14-8-4-2-5-9-14/h2-11,16-19H,12-13H2,1H3/t16-,17+,18-,19+,21?,22+/m0/s1. The molecule has 0 N–H and O–H groups in total. The number of likely N-dealkylation sites (tertiary alicyclic amines) is 1. The Morgan fingerprint density at radius 1 is 0.920 bits per heavy atom. The smallest absolute Gasteiger partial charge is 0.228 e. The van der Waals surface area contributed by atoms with Crippen molar-refractivity contribution < 1.29 is 9.53 Å². The maximum absolute atomic E-state index is 13.2. The molecule has 1 amide bonds. The van der Waals surface area contributed by atoms with Crippen LogP contribution in [0.4, 0.5) is 0 Å². The first-order valence-electron chi connectivity index (χ1n) is 9.30. The van der Waals surface area contributed by atoms with Gasteiger partial charge in [0.2, 0.25) is 5.91 Å². The first kappa shape index (κ1) is 14.1. The van der Waals surface area contributed by atoms with E-state index in [1.54, 1.807) is 0 Å². The average molecular weight is 331 g/mol. The molecule has 4 fully saturated rings. The first-order chi connectivity index (χ1) is 12.2. The van der Waals surface area contributed by atoms with E-state index in [-0.39, 0.29) is 23.3 Å². The van der Waals surface area contributed by atoms with Crippen molar-refractivity contribution in [3.05, 3.63) is 71.8 Å². The van der Waals surface area contributed by atoms with E-state index in [0.717, 1.165) is 18.4 Å². The summed E-state index contributed by atoms with van der Waals surface area (Å²) in [5, 5.41) is 0. The molecule has 2 aromatic rings. The molecule has 2 aromatic carbocycles. The molecule has 3 heteroatoms. The van der Waals surface area contributed by atoms with Crippen LogP contribution in [-0.4, -0.2) is 17.9 Å². The van der Waals surface area contributed by atoms with Crippen LogP contribution in [0, 0.1) is 23.7 Å². The molecule has 4 aliphatic rings. The number of carbonyl (C=O) groups is 1. The summed E-state index contributed by atoms with van der Waals surface area (Å²) >= 11 is 0. The lowest BCUT2D eigenvalue weighted by Crippen LogP contribution is -2.47. The molecule has 4 bridgehead atoms. The number of hydrogen-bond acceptors (Lipinski definition) is 2. The van der Waals surface area contributed by atoms with Crippen molar-refractivity contribution in [3.63, 3.8) is 0 Å². The Bertz CT molecular complexity index is 866. The van der Waals surface area contributed by atoms with E-state index in [9.17, 15) is 4.79 Å². The molecule has 2 heterocycles. The van der Waals surface area contributed by atoms with Crippen LogP contribution in [0.5, 0.6) is 0 Å². The van der Waals surface area contributed by atoms with Crippen LogP contribution in [0.15, 0.2) is 60.7 Å². The zero-order chi connectivity index (χ0) is 16.8. The highest BCUT2D eigenvalue weighted by Crippen LogP contribution is 2.78. The second-order valence-electron chi connectivity index (χ2n) is 8.06. The predicted molar refractivity (Wildman–Crippen MR) is 93.3 cm³/mol. The minimum atomic E-state index is -0.597. The topological polar surface area (TPSA) is 29.5 Å². The molecule has 2 saturated heterocycles. The lowest BCUT2D eigenvalue weighted by atomic mass is 9.74. The maximum atomic E-state index is 13.2. The van der Waals surface area contributed by atoms with Gasteiger partial charge in [-0.25, -0.2) is 0 Å². The van der Waals surface area contributed by atoms with Gasteiger partial charge in [-0.1, -0.05) is 60.7 Å². The van der Waals surface area contributed by atoms with Crippen LogP contribution in [-0.2, 0) is 20.9 Å². The minimum Gasteiger partial charge on any atom is -0.339 e. The van der Waals surface area contributed by atoms with Crippen LogP contribution >= 0.6 is 0 Å². The number of rotatable bonds is 2. The van der Waals surface area contributed by atoms with E-state index in [0.29, 0.717) is 11.8 Å². The van der Waals surface area contributed by atoms with Crippen LogP contribution in [0.1, 0.15) is 24.0 Å². The Morgan fingerprint density at radius 2 is 1.52 bits per heavy atom. The van der Waals surface area contributed by atoms with Gasteiger partial charge in [-0.3, -0.25) is 4.79 Å². The molecular formula is C22H21NO2. The number of fused-ring (bicyclic) bond motifs is 1. The van der Waals surface area contributed by atoms with Gasteiger partial charge in [-0.05, 0) is 18.4 Å². The molecule has 2 aliphatic carbocycles. The van der Waals surface area contributed by atoms with E-state index in [1.165, 1.54) is 5.56 Å². The van der Waals surface area contributed by atoms with Crippen LogP contribution < -0.4 is 0 Å². The van der Waals surface area contributed by atoms with Gasteiger partial charge in [0.05, 0.1) is 5.92 Å². The highest BCUT2D eigenvalue weighted by molar-refractivity contribution is 5.85. The molecular weight excluding hydrogens is 310 g/mol. The van der Waals surface area contributed by atoms with E-state index in [1.807, 2.05) is 18.0 Å². The Morgan fingerprint density at radius 3 is 2.20 bits per heavy atom. The fourth-order valence-corrected chi connectivity index (χ4v) is 6.76. The van der Waals surface area contributed by atoms with Gasteiger partial charge in [0.25, 0.3) is 0 Å². The number of ether oxygens (including phenoxy) is 1. The van der Waals surface area contributed by atoms with Gasteiger partial charge in [-0.2, -0.15) is 0 Å². The molecule has 0 aromatic heterocycles. The lowest BCUT2D eigenvalue weighted by molar-refractivity contribution is -0.213. The van der Waals surface area contributed by atoms with E-state index >= 15 is 0 Å². The second kappa shape index (κ2) is 4.34. The van der Waals surface area contributed by atoms with Gasteiger partial charge in [0.1, 0.15) is 5.60 Å². The highest BCUT2D eigenvalue weighted by atomic mass is 16.6. The summed E-state index contributed by atoms with van der Waals surface area (Å²) in [6, 6.07) is 21.0. The molecule has 6 rings (SSSR count). The Balaban J connectivity index is 1.63. The summed E-state index contributed by atoms with van der Waals surface area (Å²) < 4.78 is 7.07. The molecule has 126 valence electrons. The fourth-order valence-electron chi connectivity index (χ4n) is 6.76. The number of nitrogens with zero attached hydrogens (tertiary/aromatic N) is 1. The molecule has 2 saturated carbocycles. The molecule has 3 nitrogen and oxygen atoms in total. The van der Waals surface area contributed by atoms with E-state index in [2.05, 4.69) is 54.6 Å². The number of carbonyl (C=O) groups excluding carboxylic acids is 1. The molecule has 1 unspecified atom stereocenters. The Labute approximate surface area is 147 Å². The first-order valence-corrected chi connectivity index (χ1v) is 9.30. The van der Waals surface area contributed by atoms with Gasteiger partial charge in [-0.15, -0.1) is 0 Å². The molecule has 2 aliphatic heterocycles. The average Bonchev–Trinajstić information content (AvgIpc) is 3.32. The van der Waals surface area contributed by atoms with Crippen molar-refractivity contribution >= 4 is 5.91 Å². The molecule has 6 atom stereocenters. The fraction of sp³-hybridized carbons (Fsp3) is 0.409. The third kappa shape index (κ3) is 1.32. The molecule has 25 heavy (non-hydrogen) atoms. The molecule has 0 spiro atoms. The van der Waals surface area contributed by atoms with Crippen molar-refractivity contribution in [2.45, 2.75) is 24.2 Å². The van der Waals surface area contributed by atoms with Crippen molar-refractivity contribution in [1.29, 1.82) is 0 Å². The van der Waals surface area contributed by atoms with Crippen LogP contribution in [0.3, 0.4) is 0 Å². The minimum absolute atomic E-state index is 0.109. The van der Waals surface area contributed by atoms with Gasteiger partial charge >= 0.3 is 0 Å². The Hall–Kier alpha value is -2.13. The van der Waals surface area contributed by atoms with Crippen molar-refractivity contribution in [3.8, 4) is 0 Å². The summed E-state index contributed by atoms with van der Waals surface area (Å²) in [6.45, 7) is 0. The highest BCUT2D eigenvalue weighted by Gasteiger charge is 2.83. The van der Waals surface area contributed by atoms with E-state index in [4.69, 9.17) is 4.74 Å². The van der Waals surface area contributed by atoms with Crippen LogP contribution in [0.2, 0.25) is 0 Å². The predicted octanol–water partition coefficient (Wildman–Crippen LogP) is 3.51. The third-order valence-electron chi connectivity index (χ3n) is 7.45. The summed E-state index contributed by atoms with van der Waals surface area (Å²) in [4.78, 5) is 15.1. The summed E-state index contributed by atoms with van der Waals surface area (Å²) in [5.74, 6) is 1.40. The van der Waals surface area contributed by atoms with E-state index < -0.39 is 5.72 Å². The second-order valence-corrected chi connectivity index (χ2v) is 8.06. The van der Waals surface area contributed by atoms with Gasteiger partial charge in [0, 0.05) is 30.4 Å². The van der Waals surface area contributed by atoms with Gasteiger partial charge in [0.15, 0.2) is 5.72 Å². The maximum Gasteiger partial charge on any atom is 0.228 e. The van der Waals surface area contributed by atoms with Gasteiger partial charge < -0.3 is 9.64 Å². The summed E-state index contributed by atoms with van der Waals surface area (Å²) in [5.41, 5.74) is 1.49. The number of benzene rings is 2. The van der Waals surface area contributed by atoms with Crippen molar-refractivity contribution in [2.75, 3.05) is 7.05 Å².